The second-order valence-corrected chi connectivity index (χ2v) is 9.93. The first-order valence-corrected chi connectivity index (χ1v) is 11.9. The molecule has 2 N–H and O–H groups in total. The van der Waals surface area contributed by atoms with Crippen LogP contribution in [-0.4, -0.2) is 80.1 Å². The van der Waals surface area contributed by atoms with E-state index in [1.54, 1.807) is 11.8 Å². The number of sulfonamides is 1. The molecule has 29 heavy (non-hydrogen) atoms. The number of nitrogens with one attached hydrogen (secondary N) is 2. The third-order valence-corrected chi connectivity index (χ3v) is 6.87. The summed E-state index contributed by atoms with van der Waals surface area (Å²) >= 11 is 1.62. The van der Waals surface area contributed by atoms with Crippen molar-refractivity contribution in [1.29, 1.82) is 0 Å². The molecular weight excluding hydrogens is 416 g/mol. The fourth-order valence-electron chi connectivity index (χ4n) is 2.85. The summed E-state index contributed by atoms with van der Waals surface area (Å²) in [6, 6.07) is 7.73. The van der Waals surface area contributed by atoms with Crippen LogP contribution < -0.4 is 10.6 Å². The maximum Gasteiger partial charge on any atom is 0.247 e. The first kappa shape index (κ1) is 23.2. The largest absolute Gasteiger partial charge is 0.350 e. The summed E-state index contributed by atoms with van der Waals surface area (Å²) in [6.45, 7) is 1.03. The van der Waals surface area contributed by atoms with Crippen LogP contribution in [0.2, 0.25) is 0 Å². The molecule has 0 saturated carbocycles. The van der Waals surface area contributed by atoms with E-state index < -0.39 is 27.4 Å². The lowest BCUT2D eigenvalue weighted by atomic mass is 9.96. The van der Waals surface area contributed by atoms with Crippen molar-refractivity contribution < 1.29 is 22.8 Å². The molecule has 1 saturated heterocycles. The second kappa shape index (κ2) is 9.14. The average Bonchev–Trinajstić information content (AvgIpc) is 2.67. The molecule has 0 bridgehead atoms. The normalized spacial score (nSPS) is 20.4. The van der Waals surface area contributed by atoms with E-state index >= 15 is 0 Å². The van der Waals surface area contributed by atoms with E-state index in [0.29, 0.717) is 6.54 Å². The van der Waals surface area contributed by atoms with E-state index in [1.807, 2.05) is 30.5 Å². The number of hydrogen-bond acceptors (Lipinski definition) is 6. The topological polar surface area (TPSA) is 116 Å². The monoisotopic (exact) mass is 442 g/mol. The number of piperazine rings is 1. The summed E-state index contributed by atoms with van der Waals surface area (Å²) in [6.07, 6.45) is 2.97. The molecule has 0 aromatic heterocycles. The Morgan fingerprint density at radius 1 is 1.21 bits per heavy atom. The first-order valence-electron chi connectivity index (χ1n) is 8.87. The standard InChI is InChI=1S/C18H26N4O5S2/c1-18(12-22(29(4,26)27)11-16(24)21(18)2)17(25)20-10-15(23)19-9-13-5-7-14(28-3)8-6-13/h5-8H,9-12H2,1-4H3,(H,19,23)(H,20,25). The molecule has 1 aromatic carbocycles. The van der Waals surface area contributed by atoms with Gasteiger partial charge in [0.25, 0.3) is 0 Å². The quantitative estimate of drug-likeness (QED) is 0.557. The van der Waals surface area contributed by atoms with Gasteiger partial charge >= 0.3 is 0 Å². The predicted molar refractivity (Wildman–Crippen MR) is 111 cm³/mol. The molecule has 3 amide bonds. The summed E-state index contributed by atoms with van der Waals surface area (Å²) in [5.74, 6) is -1.47. The van der Waals surface area contributed by atoms with Crippen LogP contribution in [0.3, 0.4) is 0 Å². The number of thioether (sulfide) groups is 1. The molecule has 1 unspecified atom stereocenters. The molecule has 1 aliphatic rings. The van der Waals surface area contributed by atoms with Gasteiger partial charge in [-0.15, -0.1) is 11.8 Å². The zero-order valence-electron chi connectivity index (χ0n) is 16.9. The highest BCUT2D eigenvalue weighted by Crippen LogP contribution is 2.22. The SMILES string of the molecule is CSc1ccc(CNC(=O)CNC(=O)C2(C)CN(S(C)(=O)=O)CC(=O)N2C)cc1. The zero-order valence-corrected chi connectivity index (χ0v) is 18.5. The number of amides is 3. The molecule has 9 nitrogen and oxygen atoms in total. The van der Waals surface area contributed by atoms with Gasteiger partial charge in [-0.25, -0.2) is 8.42 Å². The molecule has 0 aliphatic carbocycles. The summed E-state index contributed by atoms with van der Waals surface area (Å²) in [5, 5.41) is 5.21. The van der Waals surface area contributed by atoms with Crippen molar-refractivity contribution in [2.75, 3.05) is 39.2 Å². The van der Waals surface area contributed by atoms with Crippen LogP contribution in [0.4, 0.5) is 0 Å². The van der Waals surface area contributed by atoms with E-state index in [0.717, 1.165) is 21.0 Å². The fraction of sp³-hybridized carbons (Fsp3) is 0.500. The van der Waals surface area contributed by atoms with E-state index in [-0.39, 0.29) is 25.5 Å². The van der Waals surface area contributed by atoms with Gasteiger partial charge in [0, 0.05) is 25.0 Å². The molecule has 2 rings (SSSR count). The van der Waals surface area contributed by atoms with Gasteiger partial charge in [0.15, 0.2) is 0 Å². The summed E-state index contributed by atoms with van der Waals surface area (Å²) in [4.78, 5) is 39.3. The van der Waals surface area contributed by atoms with Crippen LogP contribution in [0.25, 0.3) is 0 Å². The summed E-state index contributed by atoms with van der Waals surface area (Å²) in [5.41, 5.74) is -0.484. The number of nitrogens with zero attached hydrogens (tertiary/aromatic N) is 2. The van der Waals surface area contributed by atoms with Crippen LogP contribution in [-0.2, 0) is 31.0 Å². The molecule has 0 radical (unpaired) electrons. The van der Waals surface area contributed by atoms with E-state index in [4.69, 9.17) is 0 Å². The van der Waals surface area contributed by atoms with E-state index in [9.17, 15) is 22.8 Å². The maximum atomic E-state index is 12.7. The maximum absolute atomic E-state index is 12.7. The highest BCUT2D eigenvalue weighted by Gasteiger charge is 2.47. The fourth-order valence-corrected chi connectivity index (χ4v) is 4.09. The zero-order chi connectivity index (χ0) is 21.8. The Balaban J connectivity index is 1.93. The Bertz CT molecular complexity index is 888. The molecule has 1 atom stereocenters. The van der Waals surface area contributed by atoms with Crippen LogP contribution in [0.5, 0.6) is 0 Å². The lowest BCUT2D eigenvalue weighted by Crippen LogP contribution is -2.68. The van der Waals surface area contributed by atoms with Gasteiger partial charge in [0.05, 0.1) is 19.3 Å². The van der Waals surface area contributed by atoms with Crippen LogP contribution in [0.1, 0.15) is 12.5 Å². The highest BCUT2D eigenvalue weighted by atomic mass is 32.2. The number of benzene rings is 1. The van der Waals surface area contributed by atoms with Crippen molar-refractivity contribution in [3.8, 4) is 0 Å². The number of carbonyl (C=O) groups excluding carboxylic acids is 3. The molecule has 1 aromatic rings. The van der Waals surface area contributed by atoms with E-state index in [1.165, 1.54) is 18.9 Å². The summed E-state index contributed by atoms with van der Waals surface area (Å²) in [7, 11) is -2.19. The van der Waals surface area contributed by atoms with Gasteiger partial charge < -0.3 is 15.5 Å². The van der Waals surface area contributed by atoms with Gasteiger partial charge in [-0.3, -0.25) is 14.4 Å². The van der Waals surface area contributed by atoms with Crippen molar-refractivity contribution in [3.05, 3.63) is 29.8 Å². The van der Waals surface area contributed by atoms with Crippen molar-refractivity contribution in [1.82, 2.24) is 19.8 Å². The molecule has 1 aliphatic heterocycles. The van der Waals surface area contributed by atoms with Gasteiger partial charge in [-0.1, -0.05) is 12.1 Å². The third kappa shape index (κ3) is 5.71. The van der Waals surface area contributed by atoms with Crippen molar-refractivity contribution in [2.24, 2.45) is 0 Å². The molecule has 0 spiro atoms. The number of likely N-dealkylation sites (N-methyl/N-ethyl adjacent to an activating group) is 1. The van der Waals surface area contributed by atoms with Crippen molar-refractivity contribution >= 4 is 39.5 Å². The van der Waals surface area contributed by atoms with E-state index in [2.05, 4.69) is 10.6 Å². The van der Waals surface area contributed by atoms with Gasteiger partial charge in [-0.05, 0) is 30.9 Å². The molecule has 1 heterocycles. The van der Waals surface area contributed by atoms with Gasteiger partial charge in [-0.2, -0.15) is 4.31 Å². The lowest BCUT2D eigenvalue weighted by Gasteiger charge is -2.44. The van der Waals surface area contributed by atoms with Crippen molar-refractivity contribution in [3.63, 3.8) is 0 Å². The van der Waals surface area contributed by atoms with Crippen LogP contribution >= 0.6 is 11.8 Å². The van der Waals surface area contributed by atoms with Crippen molar-refractivity contribution in [2.45, 2.75) is 23.9 Å². The molecule has 11 heteroatoms. The Labute approximate surface area is 175 Å². The average molecular weight is 443 g/mol. The van der Waals surface area contributed by atoms with Gasteiger partial charge in [0.1, 0.15) is 5.54 Å². The highest BCUT2D eigenvalue weighted by molar-refractivity contribution is 7.98. The third-order valence-electron chi connectivity index (χ3n) is 4.93. The second-order valence-electron chi connectivity index (χ2n) is 7.07. The minimum absolute atomic E-state index is 0.177. The number of hydrogen-bond donors (Lipinski definition) is 2. The van der Waals surface area contributed by atoms with Crippen LogP contribution in [0.15, 0.2) is 29.2 Å². The number of carbonyl (C=O) groups is 3. The predicted octanol–water partition coefficient (Wildman–Crippen LogP) is -0.367. The number of rotatable bonds is 7. The lowest BCUT2D eigenvalue weighted by molar-refractivity contribution is -0.150. The Kier molecular flexibility index (Phi) is 7.30. The Morgan fingerprint density at radius 3 is 2.38 bits per heavy atom. The minimum Gasteiger partial charge on any atom is -0.350 e. The summed E-state index contributed by atoms with van der Waals surface area (Å²) < 4.78 is 24.6. The molecule has 160 valence electrons. The molecular formula is C18H26N4O5S2. The molecule has 1 fully saturated rings. The minimum atomic E-state index is -3.64. The Morgan fingerprint density at radius 2 is 1.83 bits per heavy atom. The van der Waals surface area contributed by atoms with Crippen LogP contribution in [0, 0.1) is 0 Å². The van der Waals surface area contributed by atoms with Gasteiger partial charge in [0.2, 0.25) is 27.7 Å². The smallest absolute Gasteiger partial charge is 0.247 e. The first-order chi connectivity index (χ1) is 13.5. The Hall–Kier alpha value is -2.11.